The van der Waals surface area contributed by atoms with Crippen molar-refractivity contribution in [2.75, 3.05) is 4.72 Å². The molecule has 0 saturated carbocycles. The number of nitrogens with zero attached hydrogens (tertiary/aromatic N) is 3. The second-order valence-corrected chi connectivity index (χ2v) is 4.25. The van der Waals surface area contributed by atoms with Gasteiger partial charge in [0, 0.05) is 12.4 Å². The molecule has 0 aliphatic heterocycles. The zero-order valence-electron chi connectivity index (χ0n) is 7.45. The van der Waals surface area contributed by atoms with Crippen molar-refractivity contribution in [1.82, 2.24) is 20.2 Å². The highest BCUT2D eigenvalue weighted by Gasteiger charge is 2.16. The van der Waals surface area contributed by atoms with Crippen molar-refractivity contribution in [2.24, 2.45) is 0 Å². The molecule has 8 heteroatoms. The minimum Gasteiger partial charge on any atom is -0.266 e. The Kier molecular flexibility index (Phi) is 2.34. The number of anilines is 1. The van der Waals surface area contributed by atoms with Gasteiger partial charge in [-0.1, -0.05) is 0 Å². The maximum Gasteiger partial charge on any atom is 0.281 e. The summed E-state index contributed by atoms with van der Waals surface area (Å²) in [6.07, 6.45) is 4.23. The maximum absolute atomic E-state index is 11.6. The third-order valence-corrected chi connectivity index (χ3v) is 2.81. The third kappa shape index (κ3) is 2.10. The van der Waals surface area contributed by atoms with Crippen LogP contribution in [0.1, 0.15) is 0 Å². The van der Waals surface area contributed by atoms with Crippen LogP contribution in [0.3, 0.4) is 0 Å². The normalized spacial score (nSPS) is 11.2. The highest BCUT2D eigenvalue weighted by Crippen LogP contribution is 2.07. The van der Waals surface area contributed by atoms with Crippen LogP contribution >= 0.6 is 0 Å². The third-order valence-electron chi connectivity index (χ3n) is 1.56. The van der Waals surface area contributed by atoms with Crippen LogP contribution in [0.5, 0.6) is 0 Å². The van der Waals surface area contributed by atoms with Crippen LogP contribution in [0.15, 0.2) is 35.7 Å². The minimum absolute atomic E-state index is 0.0205. The lowest BCUT2D eigenvalue weighted by Gasteiger charge is -2.02. The number of nitrogens with one attached hydrogen (secondary N) is 2. The fraction of sp³-hybridized carbons (Fsp3) is 0. The van der Waals surface area contributed by atoms with E-state index in [1.165, 1.54) is 24.7 Å². The molecule has 15 heavy (non-hydrogen) atoms. The molecular weight excluding hydrogens is 218 g/mol. The SMILES string of the molecule is O=S(=O)(Nc1ncccn1)c1ccn[nH]1. The lowest BCUT2D eigenvalue weighted by atomic mass is 10.7. The van der Waals surface area contributed by atoms with E-state index in [2.05, 4.69) is 24.9 Å². The molecule has 0 saturated heterocycles. The molecule has 2 aromatic rings. The molecule has 0 unspecified atom stereocenters. The molecule has 2 N–H and O–H groups in total. The molecule has 0 aromatic carbocycles. The Balaban J connectivity index is 2.27. The van der Waals surface area contributed by atoms with E-state index in [0.717, 1.165) is 0 Å². The van der Waals surface area contributed by atoms with Crippen molar-refractivity contribution in [3.05, 3.63) is 30.7 Å². The molecule has 0 amide bonds. The molecule has 7 nitrogen and oxygen atoms in total. The summed E-state index contributed by atoms with van der Waals surface area (Å²) in [7, 11) is -3.66. The Morgan fingerprint density at radius 1 is 1.20 bits per heavy atom. The molecule has 2 heterocycles. The first kappa shape index (κ1) is 9.59. The molecule has 78 valence electrons. The average molecular weight is 225 g/mol. The fourth-order valence-electron chi connectivity index (χ4n) is 0.920. The number of aromatic amines is 1. The van der Waals surface area contributed by atoms with Crippen LogP contribution in [-0.4, -0.2) is 28.6 Å². The molecule has 2 aromatic heterocycles. The molecule has 0 atom stereocenters. The van der Waals surface area contributed by atoms with Gasteiger partial charge in [0.25, 0.3) is 10.0 Å². The summed E-state index contributed by atoms with van der Waals surface area (Å²) in [5.74, 6) is 0.0205. The number of rotatable bonds is 3. The van der Waals surface area contributed by atoms with Gasteiger partial charge in [-0.05, 0) is 12.1 Å². The van der Waals surface area contributed by atoms with Crippen LogP contribution < -0.4 is 4.72 Å². The largest absolute Gasteiger partial charge is 0.281 e. The van der Waals surface area contributed by atoms with Crippen molar-refractivity contribution < 1.29 is 8.42 Å². The topological polar surface area (TPSA) is 101 Å². The highest BCUT2D eigenvalue weighted by atomic mass is 32.2. The Bertz CT molecular complexity index is 522. The van der Waals surface area contributed by atoms with Gasteiger partial charge < -0.3 is 0 Å². The van der Waals surface area contributed by atoms with E-state index in [1.54, 1.807) is 6.07 Å². The number of aromatic nitrogens is 4. The zero-order chi connectivity index (χ0) is 10.7. The van der Waals surface area contributed by atoms with Gasteiger partial charge >= 0.3 is 0 Å². The van der Waals surface area contributed by atoms with Gasteiger partial charge in [0.05, 0.1) is 6.20 Å². The summed E-state index contributed by atoms with van der Waals surface area (Å²) in [6.45, 7) is 0. The number of hydrogen-bond acceptors (Lipinski definition) is 5. The Labute approximate surface area is 85.6 Å². The highest BCUT2D eigenvalue weighted by molar-refractivity contribution is 7.92. The first-order chi connectivity index (χ1) is 7.18. The number of H-pyrrole nitrogens is 1. The van der Waals surface area contributed by atoms with Gasteiger partial charge in [-0.3, -0.25) is 5.10 Å². The van der Waals surface area contributed by atoms with Crippen LogP contribution in [0.4, 0.5) is 5.95 Å². The van der Waals surface area contributed by atoms with Crippen LogP contribution in [0, 0.1) is 0 Å². The van der Waals surface area contributed by atoms with Gasteiger partial charge in [0.2, 0.25) is 5.95 Å². The molecule has 0 radical (unpaired) electrons. The van der Waals surface area contributed by atoms with E-state index in [1.807, 2.05) is 0 Å². The Hall–Kier alpha value is -1.96. The average Bonchev–Trinajstić information content (AvgIpc) is 2.71. The molecule has 0 aliphatic rings. The van der Waals surface area contributed by atoms with Crippen LogP contribution in [0.25, 0.3) is 0 Å². The number of hydrogen-bond donors (Lipinski definition) is 2. The second kappa shape index (κ2) is 3.65. The predicted molar refractivity (Wildman–Crippen MR) is 51.4 cm³/mol. The summed E-state index contributed by atoms with van der Waals surface area (Å²) in [5.41, 5.74) is 0. The van der Waals surface area contributed by atoms with E-state index < -0.39 is 10.0 Å². The first-order valence-corrected chi connectivity index (χ1v) is 5.46. The van der Waals surface area contributed by atoms with Crippen molar-refractivity contribution in [1.29, 1.82) is 0 Å². The van der Waals surface area contributed by atoms with Crippen LogP contribution in [0.2, 0.25) is 0 Å². The lowest BCUT2D eigenvalue weighted by molar-refractivity contribution is 0.596. The first-order valence-electron chi connectivity index (χ1n) is 3.98. The minimum atomic E-state index is -3.66. The molecule has 0 bridgehead atoms. The summed E-state index contributed by atoms with van der Waals surface area (Å²) in [6, 6.07) is 2.93. The standard InChI is InChI=1S/C7H7N5O2S/c13-15(14,6-2-5-10-11-6)12-7-8-3-1-4-9-7/h1-5H,(H,10,11)(H,8,9,12). The smallest absolute Gasteiger partial charge is 0.266 e. The van der Waals surface area contributed by atoms with E-state index in [4.69, 9.17) is 0 Å². The van der Waals surface area contributed by atoms with Gasteiger partial charge in [-0.25, -0.2) is 14.7 Å². The Morgan fingerprint density at radius 3 is 2.53 bits per heavy atom. The van der Waals surface area contributed by atoms with Gasteiger partial charge in [-0.15, -0.1) is 0 Å². The molecule has 0 aliphatic carbocycles. The second-order valence-electron chi connectivity index (χ2n) is 2.60. The van der Waals surface area contributed by atoms with Gasteiger partial charge in [0.1, 0.15) is 0 Å². The van der Waals surface area contributed by atoms with E-state index in [-0.39, 0.29) is 11.0 Å². The van der Waals surface area contributed by atoms with Gasteiger partial charge in [0.15, 0.2) is 5.03 Å². The molecule has 2 rings (SSSR count). The molecule has 0 spiro atoms. The fourth-order valence-corrected chi connectivity index (χ4v) is 1.79. The van der Waals surface area contributed by atoms with Crippen molar-refractivity contribution in [3.8, 4) is 0 Å². The van der Waals surface area contributed by atoms with E-state index in [9.17, 15) is 8.42 Å². The van der Waals surface area contributed by atoms with Gasteiger partial charge in [-0.2, -0.15) is 13.5 Å². The summed E-state index contributed by atoms with van der Waals surface area (Å²) >= 11 is 0. The Morgan fingerprint density at radius 2 is 1.93 bits per heavy atom. The van der Waals surface area contributed by atoms with Crippen molar-refractivity contribution >= 4 is 16.0 Å². The molecular formula is C7H7N5O2S. The predicted octanol–water partition coefficient (Wildman–Crippen LogP) is 0.000500. The summed E-state index contributed by atoms with van der Waals surface area (Å²) in [4.78, 5) is 7.48. The van der Waals surface area contributed by atoms with Crippen molar-refractivity contribution in [3.63, 3.8) is 0 Å². The van der Waals surface area contributed by atoms with E-state index in [0.29, 0.717) is 0 Å². The maximum atomic E-state index is 11.6. The lowest BCUT2D eigenvalue weighted by Crippen LogP contribution is -2.15. The van der Waals surface area contributed by atoms with Crippen molar-refractivity contribution in [2.45, 2.75) is 5.03 Å². The summed E-state index contributed by atoms with van der Waals surface area (Å²) in [5, 5.41) is 5.85. The van der Waals surface area contributed by atoms with Crippen LogP contribution in [-0.2, 0) is 10.0 Å². The zero-order valence-corrected chi connectivity index (χ0v) is 8.27. The van der Waals surface area contributed by atoms with E-state index >= 15 is 0 Å². The monoisotopic (exact) mass is 225 g/mol. The number of sulfonamides is 1. The quantitative estimate of drug-likeness (QED) is 0.765. The molecule has 0 fully saturated rings. The summed E-state index contributed by atoms with van der Waals surface area (Å²) < 4.78 is 25.4.